The molecule has 1 aliphatic rings. The lowest BCUT2D eigenvalue weighted by Gasteiger charge is -2.07. The molecule has 0 saturated heterocycles. The van der Waals surface area contributed by atoms with Crippen LogP contribution in [0.15, 0.2) is 30.3 Å². The normalized spacial score (nSPS) is 21.4. The van der Waals surface area contributed by atoms with Crippen LogP contribution in [0.3, 0.4) is 0 Å². The van der Waals surface area contributed by atoms with Crippen molar-refractivity contribution in [1.82, 2.24) is 9.78 Å². The number of hydrogen-bond donors (Lipinski definition) is 0. The van der Waals surface area contributed by atoms with E-state index < -0.39 is 0 Å². The third-order valence-electron chi connectivity index (χ3n) is 3.38. The number of hydrogen-bond acceptors (Lipinski definition) is 2. The van der Waals surface area contributed by atoms with E-state index >= 15 is 0 Å². The molecule has 1 heterocycles. The number of nitrogens with zero attached hydrogens (tertiary/aromatic N) is 2. The maximum absolute atomic E-state index is 12.5. The zero-order valence-electron chi connectivity index (χ0n) is 10.3. The first-order valence-corrected chi connectivity index (χ1v) is 7.90. The minimum Gasteiger partial charge on any atom is -0.267 e. The molecule has 3 nitrogen and oxygen atoms in total. The van der Waals surface area contributed by atoms with Gasteiger partial charge in [0.1, 0.15) is 0 Å². The molecule has 0 radical (unpaired) electrons. The highest BCUT2D eigenvalue weighted by Gasteiger charge is 2.35. The summed E-state index contributed by atoms with van der Waals surface area (Å²) in [4.78, 5) is 13.0. The molecule has 0 saturated carbocycles. The molecule has 0 spiro atoms. The smallest absolute Gasteiger partial charge is 0.267 e. The van der Waals surface area contributed by atoms with Gasteiger partial charge < -0.3 is 0 Å². The first-order valence-electron chi connectivity index (χ1n) is 6.07. The third kappa shape index (κ3) is 2.09. The van der Waals surface area contributed by atoms with E-state index in [1.165, 1.54) is 0 Å². The SMILES string of the molecule is Cc1nn(C(=O)c2ccccc2)c2c1C(Br)CC2Br. The maximum Gasteiger partial charge on any atom is 0.278 e. The predicted molar refractivity (Wildman–Crippen MR) is 81.1 cm³/mol. The van der Waals surface area contributed by atoms with Gasteiger partial charge in [0.2, 0.25) is 0 Å². The number of aromatic nitrogens is 2. The highest BCUT2D eigenvalue weighted by molar-refractivity contribution is 9.10. The maximum atomic E-state index is 12.5. The first-order chi connectivity index (χ1) is 9.09. The van der Waals surface area contributed by atoms with E-state index in [4.69, 9.17) is 0 Å². The molecule has 1 aromatic heterocycles. The fourth-order valence-electron chi connectivity index (χ4n) is 2.51. The van der Waals surface area contributed by atoms with E-state index in [9.17, 15) is 4.79 Å². The topological polar surface area (TPSA) is 34.9 Å². The Kier molecular flexibility index (Phi) is 3.35. The number of carbonyl (C=O) groups is 1. The second-order valence-electron chi connectivity index (χ2n) is 4.64. The Morgan fingerprint density at radius 3 is 2.63 bits per heavy atom. The van der Waals surface area contributed by atoms with Gasteiger partial charge in [-0.15, -0.1) is 0 Å². The van der Waals surface area contributed by atoms with Crippen molar-refractivity contribution in [3.63, 3.8) is 0 Å². The van der Waals surface area contributed by atoms with Gasteiger partial charge in [-0.2, -0.15) is 9.78 Å². The number of halogens is 2. The van der Waals surface area contributed by atoms with Crippen LogP contribution in [-0.2, 0) is 0 Å². The number of alkyl halides is 2. The molecule has 0 fully saturated rings. The fraction of sp³-hybridized carbons (Fsp3) is 0.286. The molecule has 1 aliphatic carbocycles. The molecule has 2 aromatic rings. The van der Waals surface area contributed by atoms with E-state index in [1.54, 1.807) is 4.68 Å². The summed E-state index contributed by atoms with van der Waals surface area (Å²) in [5, 5.41) is 4.42. The summed E-state index contributed by atoms with van der Waals surface area (Å²) >= 11 is 7.29. The minimum atomic E-state index is -0.0731. The number of aryl methyl sites for hydroxylation is 1. The van der Waals surface area contributed by atoms with Crippen LogP contribution in [0.5, 0.6) is 0 Å². The average molecular weight is 384 g/mol. The summed E-state index contributed by atoms with van der Waals surface area (Å²) in [6, 6.07) is 9.26. The van der Waals surface area contributed by atoms with E-state index in [1.807, 2.05) is 37.3 Å². The Balaban J connectivity index is 2.11. The Hall–Kier alpha value is -0.940. The monoisotopic (exact) mass is 382 g/mol. The van der Waals surface area contributed by atoms with Crippen molar-refractivity contribution in [2.24, 2.45) is 0 Å². The molecule has 0 bridgehead atoms. The summed E-state index contributed by atoms with van der Waals surface area (Å²) < 4.78 is 1.54. The van der Waals surface area contributed by atoms with Crippen LogP contribution in [-0.4, -0.2) is 15.7 Å². The highest BCUT2D eigenvalue weighted by Crippen LogP contribution is 2.49. The van der Waals surface area contributed by atoms with Crippen LogP contribution < -0.4 is 0 Å². The predicted octanol–water partition coefficient (Wildman–Crippen LogP) is 4.16. The highest BCUT2D eigenvalue weighted by atomic mass is 79.9. The van der Waals surface area contributed by atoms with Crippen LogP contribution in [0.1, 0.15) is 43.4 Å². The van der Waals surface area contributed by atoms with Crippen LogP contribution in [0.2, 0.25) is 0 Å². The van der Waals surface area contributed by atoms with Crippen LogP contribution in [0, 0.1) is 6.92 Å². The molecule has 3 rings (SSSR count). The van der Waals surface area contributed by atoms with E-state index in [-0.39, 0.29) is 15.6 Å². The zero-order chi connectivity index (χ0) is 13.6. The van der Waals surface area contributed by atoms with Gasteiger partial charge in [-0.3, -0.25) is 4.79 Å². The Bertz CT molecular complexity index is 636. The van der Waals surface area contributed by atoms with Crippen molar-refractivity contribution in [1.29, 1.82) is 0 Å². The molecule has 1 aromatic carbocycles. The lowest BCUT2D eigenvalue weighted by atomic mass is 10.2. The first kappa shape index (κ1) is 13.1. The van der Waals surface area contributed by atoms with Gasteiger partial charge >= 0.3 is 0 Å². The Morgan fingerprint density at radius 2 is 1.95 bits per heavy atom. The zero-order valence-corrected chi connectivity index (χ0v) is 13.5. The molecule has 2 atom stereocenters. The molecule has 98 valence electrons. The molecule has 0 amide bonds. The minimum absolute atomic E-state index is 0.0731. The Labute approximate surface area is 128 Å². The van der Waals surface area contributed by atoms with Gasteiger partial charge in [0.15, 0.2) is 0 Å². The van der Waals surface area contributed by atoms with E-state index in [0.29, 0.717) is 5.56 Å². The molecular weight excluding hydrogens is 372 g/mol. The molecular formula is C14H12Br2N2O. The molecule has 0 aliphatic heterocycles. The summed E-state index contributed by atoms with van der Waals surface area (Å²) in [7, 11) is 0. The van der Waals surface area contributed by atoms with Gasteiger partial charge in [0, 0.05) is 16.0 Å². The number of benzene rings is 1. The number of carbonyl (C=O) groups excluding carboxylic acids is 1. The number of fused-ring (bicyclic) bond motifs is 1. The van der Waals surface area contributed by atoms with Gasteiger partial charge in [-0.1, -0.05) is 50.1 Å². The van der Waals surface area contributed by atoms with Crippen molar-refractivity contribution >= 4 is 37.8 Å². The molecule has 19 heavy (non-hydrogen) atoms. The van der Waals surface area contributed by atoms with Crippen LogP contribution in [0.25, 0.3) is 0 Å². The molecule has 5 heteroatoms. The van der Waals surface area contributed by atoms with Crippen LogP contribution in [0.4, 0.5) is 0 Å². The lowest BCUT2D eigenvalue weighted by molar-refractivity contribution is 0.0941. The standard InChI is InChI=1S/C14H12Br2N2O/c1-8-12-10(15)7-11(16)13(12)18(17-8)14(19)9-5-3-2-4-6-9/h2-6,10-11H,7H2,1H3. The van der Waals surface area contributed by atoms with Crippen LogP contribution >= 0.6 is 31.9 Å². The van der Waals surface area contributed by atoms with Gasteiger partial charge in [-0.05, 0) is 25.5 Å². The number of rotatable bonds is 1. The fourth-order valence-corrected chi connectivity index (χ4v) is 4.77. The summed E-state index contributed by atoms with van der Waals surface area (Å²) in [5.41, 5.74) is 3.70. The summed E-state index contributed by atoms with van der Waals surface area (Å²) in [5.74, 6) is -0.0731. The Morgan fingerprint density at radius 1 is 1.26 bits per heavy atom. The second-order valence-corrected chi connectivity index (χ2v) is 6.85. The largest absolute Gasteiger partial charge is 0.278 e. The quantitative estimate of drug-likeness (QED) is 0.693. The summed E-state index contributed by atoms with van der Waals surface area (Å²) in [6.45, 7) is 1.95. The third-order valence-corrected chi connectivity index (χ3v) is 5.02. The molecule has 2 unspecified atom stereocenters. The summed E-state index contributed by atoms with van der Waals surface area (Å²) in [6.07, 6.45) is 0.941. The van der Waals surface area contributed by atoms with Gasteiger partial charge in [0.25, 0.3) is 5.91 Å². The van der Waals surface area contributed by atoms with Gasteiger partial charge in [0.05, 0.1) is 16.2 Å². The molecule has 0 N–H and O–H groups in total. The van der Waals surface area contributed by atoms with E-state index in [0.717, 1.165) is 23.4 Å². The second kappa shape index (κ2) is 4.87. The van der Waals surface area contributed by atoms with Crippen molar-refractivity contribution in [3.05, 3.63) is 52.8 Å². The van der Waals surface area contributed by atoms with Crippen molar-refractivity contribution < 1.29 is 4.79 Å². The average Bonchev–Trinajstić information content (AvgIpc) is 2.90. The lowest BCUT2D eigenvalue weighted by Crippen LogP contribution is -2.16. The van der Waals surface area contributed by atoms with Crippen molar-refractivity contribution in [3.8, 4) is 0 Å². The van der Waals surface area contributed by atoms with Gasteiger partial charge in [-0.25, -0.2) is 0 Å². The van der Waals surface area contributed by atoms with Crippen molar-refractivity contribution in [2.45, 2.75) is 23.0 Å². The van der Waals surface area contributed by atoms with Crippen molar-refractivity contribution in [2.75, 3.05) is 0 Å². The van der Waals surface area contributed by atoms with E-state index in [2.05, 4.69) is 37.0 Å².